The van der Waals surface area contributed by atoms with Crippen LogP contribution in [-0.2, 0) is 13.1 Å². The molecule has 0 saturated carbocycles. The van der Waals surface area contributed by atoms with Crippen molar-refractivity contribution in [1.82, 2.24) is 20.4 Å². The van der Waals surface area contributed by atoms with Gasteiger partial charge in [0, 0.05) is 53.4 Å². The molecule has 2 aliphatic heterocycles. The molecule has 6 heteroatoms. The van der Waals surface area contributed by atoms with Crippen LogP contribution in [0, 0.1) is 0 Å². The van der Waals surface area contributed by atoms with Crippen LogP contribution in [-0.4, -0.2) is 62.0 Å². The average molecular weight is 328 g/mol. The first-order chi connectivity index (χ1) is 11.7. The van der Waals surface area contributed by atoms with Crippen LogP contribution in [0.15, 0.2) is 34.3 Å². The van der Waals surface area contributed by atoms with Gasteiger partial charge in [0.25, 0.3) is 0 Å². The SMILES string of the molecule is CN1CCCN=C1NCc1ccc(CNC2=NCCCN2C)cc1. The van der Waals surface area contributed by atoms with Crippen molar-refractivity contribution in [1.29, 1.82) is 0 Å². The van der Waals surface area contributed by atoms with E-state index >= 15 is 0 Å². The molecule has 0 bridgehead atoms. The van der Waals surface area contributed by atoms with Crippen molar-refractivity contribution < 1.29 is 0 Å². The summed E-state index contributed by atoms with van der Waals surface area (Å²) >= 11 is 0. The number of nitrogens with one attached hydrogen (secondary N) is 2. The van der Waals surface area contributed by atoms with E-state index in [2.05, 4.69) is 68.8 Å². The van der Waals surface area contributed by atoms with E-state index < -0.39 is 0 Å². The highest BCUT2D eigenvalue weighted by Gasteiger charge is 2.11. The zero-order valence-corrected chi connectivity index (χ0v) is 14.8. The van der Waals surface area contributed by atoms with Crippen LogP contribution in [0.25, 0.3) is 0 Å². The molecular formula is C18H28N6. The Morgan fingerprint density at radius 1 is 0.792 bits per heavy atom. The first kappa shape index (κ1) is 16.6. The summed E-state index contributed by atoms with van der Waals surface area (Å²) in [5.41, 5.74) is 2.54. The highest BCUT2D eigenvalue weighted by atomic mass is 15.3. The molecule has 2 aliphatic rings. The number of aliphatic imine (C=N–C) groups is 2. The minimum atomic E-state index is 0.812. The van der Waals surface area contributed by atoms with Crippen molar-refractivity contribution in [3.63, 3.8) is 0 Å². The van der Waals surface area contributed by atoms with Crippen molar-refractivity contribution in [3.05, 3.63) is 35.4 Å². The summed E-state index contributed by atoms with van der Waals surface area (Å²) in [6, 6.07) is 8.72. The maximum Gasteiger partial charge on any atom is 0.193 e. The molecule has 0 spiro atoms. The molecule has 6 nitrogen and oxygen atoms in total. The fourth-order valence-corrected chi connectivity index (χ4v) is 2.96. The topological polar surface area (TPSA) is 55.3 Å². The fraction of sp³-hybridized carbons (Fsp3) is 0.556. The van der Waals surface area contributed by atoms with E-state index in [9.17, 15) is 0 Å². The van der Waals surface area contributed by atoms with Gasteiger partial charge in [-0.3, -0.25) is 9.98 Å². The zero-order valence-electron chi connectivity index (χ0n) is 14.8. The third-order valence-corrected chi connectivity index (χ3v) is 4.47. The standard InChI is InChI=1S/C18H28N6/c1-23-11-3-9-19-17(23)21-13-15-5-7-16(8-6-15)14-22-18-20-10-4-12-24(18)2/h5-8H,3-4,9-14H2,1-2H3,(H,19,21)(H,20,22). The van der Waals surface area contributed by atoms with E-state index in [1.54, 1.807) is 0 Å². The van der Waals surface area contributed by atoms with E-state index in [-0.39, 0.29) is 0 Å². The monoisotopic (exact) mass is 328 g/mol. The molecule has 0 unspecified atom stereocenters. The van der Waals surface area contributed by atoms with Gasteiger partial charge in [-0.15, -0.1) is 0 Å². The summed E-state index contributed by atoms with van der Waals surface area (Å²) in [4.78, 5) is 13.4. The van der Waals surface area contributed by atoms with Gasteiger partial charge < -0.3 is 20.4 Å². The van der Waals surface area contributed by atoms with Crippen molar-refractivity contribution >= 4 is 11.9 Å². The highest BCUT2D eigenvalue weighted by Crippen LogP contribution is 2.06. The minimum absolute atomic E-state index is 0.812. The van der Waals surface area contributed by atoms with Crippen molar-refractivity contribution in [3.8, 4) is 0 Å². The van der Waals surface area contributed by atoms with E-state index in [0.29, 0.717) is 0 Å². The van der Waals surface area contributed by atoms with Gasteiger partial charge in [0.2, 0.25) is 0 Å². The Kier molecular flexibility index (Phi) is 5.56. The quantitative estimate of drug-likeness (QED) is 0.873. The molecular weight excluding hydrogens is 300 g/mol. The Bertz CT molecular complexity index is 539. The molecule has 3 rings (SSSR count). The Morgan fingerprint density at radius 3 is 1.58 bits per heavy atom. The van der Waals surface area contributed by atoms with Crippen molar-refractivity contribution in [2.75, 3.05) is 40.3 Å². The highest BCUT2D eigenvalue weighted by molar-refractivity contribution is 5.80. The van der Waals surface area contributed by atoms with Gasteiger partial charge in [0.1, 0.15) is 0 Å². The predicted molar refractivity (Wildman–Crippen MR) is 99.2 cm³/mol. The lowest BCUT2D eigenvalue weighted by molar-refractivity contribution is 0.446. The Hall–Kier alpha value is -2.24. The molecule has 0 fully saturated rings. The van der Waals surface area contributed by atoms with Crippen LogP contribution < -0.4 is 10.6 Å². The second-order valence-corrected chi connectivity index (χ2v) is 6.48. The molecule has 2 heterocycles. The first-order valence-electron chi connectivity index (χ1n) is 8.79. The maximum absolute atomic E-state index is 4.54. The molecule has 1 aromatic rings. The summed E-state index contributed by atoms with van der Waals surface area (Å²) in [5.74, 6) is 2.01. The molecule has 2 N–H and O–H groups in total. The van der Waals surface area contributed by atoms with Gasteiger partial charge in [0.05, 0.1) is 0 Å². The summed E-state index contributed by atoms with van der Waals surface area (Å²) < 4.78 is 0. The van der Waals surface area contributed by atoms with E-state index in [1.165, 1.54) is 11.1 Å². The molecule has 1 aromatic carbocycles. The average Bonchev–Trinajstić information content (AvgIpc) is 2.61. The van der Waals surface area contributed by atoms with Gasteiger partial charge in [-0.05, 0) is 24.0 Å². The van der Waals surface area contributed by atoms with Crippen molar-refractivity contribution in [2.45, 2.75) is 25.9 Å². The fourth-order valence-electron chi connectivity index (χ4n) is 2.96. The van der Waals surface area contributed by atoms with E-state index in [1.807, 2.05) is 0 Å². The largest absolute Gasteiger partial charge is 0.352 e. The summed E-state index contributed by atoms with van der Waals surface area (Å²) in [7, 11) is 4.18. The molecule has 0 atom stereocenters. The van der Waals surface area contributed by atoms with Crippen LogP contribution in [0.3, 0.4) is 0 Å². The number of rotatable bonds is 4. The summed E-state index contributed by atoms with van der Waals surface area (Å²) in [5, 5.41) is 6.86. The Labute approximate surface area is 144 Å². The first-order valence-corrected chi connectivity index (χ1v) is 8.79. The van der Waals surface area contributed by atoms with E-state index in [0.717, 1.165) is 64.0 Å². The molecule has 0 radical (unpaired) electrons. The lowest BCUT2D eigenvalue weighted by Gasteiger charge is -2.26. The minimum Gasteiger partial charge on any atom is -0.352 e. The molecule has 0 aromatic heterocycles. The molecule has 130 valence electrons. The maximum atomic E-state index is 4.54. The van der Waals surface area contributed by atoms with Gasteiger partial charge >= 0.3 is 0 Å². The number of nitrogens with zero attached hydrogens (tertiary/aromatic N) is 4. The van der Waals surface area contributed by atoms with Gasteiger partial charge in [0.15, 0.2) is 11.9 Å². The third kappa shape index (κ3) is 4.40. The number of benzene rings is 1. The normalized spacial score (nSPS) is 18.1. The molecule has 0 saturated heterocycles. The molecule has 0 amide bonds. The second-order valence-electron chi connectivity index (χ2n) is 6.48. The number of guanidine groups is 2. The van der Waals surface area contributed by atoms with Crippen LogP contribution >= 0.6 is 0 Å². The van der Waals surface area contributed by atoms with E-state index in [4.69, 9.17) is 0 Å². The van der Waals surface area contributed by atoms with Crippen LogP contribution in [0.2, 0.25) is 0 Å². The number of hydrogen-bond acceptors (Lipinski definition) is 6. The Balaban J connectivity index is 1.48. The predicted octanol–water partition coefficient (Wildman–Crippen LogP) is 1.25. The second kappa shape index (κ2) is 8.04. The van der Waals surface area contributed by atoms with Gasteiger partial charge in [-0.2, -0.15) is 0 Å². The van der Waals surface area contributed by atoms with Gasteiger partial charge in [-0.25, -0.2) is 0 Å². The van der Waals surface area contributed by atoms with Crippen LogP contribution in [0.1, 0.15) is 24.0 Å². The number of hydrogen-bond donors (Lipinski definition) is 2. The lowest BCUT2D eigenvalue weighted by atomic mass is 10.1. The molecule has 0 aliphatic carbocycles. The van der Waals surface area contributed by atoms with Crippen LogP contribution in [0.4, 0.5) is 0 Å². The third-order valence-electron chi connectivity index (χ3n) is 4.47. The smallest absolute Gasteiger partial charge is 0.193 e. The van der Waals surface area contributed by atoms with Crippen LogP contribution in [0.5, 0.6) is 0 Å². The molecule has 24 heavy (non-hydrogen) atoms. The zero-order chi connectivity index (χ0) is 16.8. The lowest BCUT2D eigenvalue weighted by Crippen LogP contribution is -2.41. The summed E-state index contributed by atoms with van der Waals surface area (Å²) in [6.07, 6.45) is 2.29. The van der Waals surface area contributed by atoms with Crippen molar-refractivity contribution in [2.24, 2.45) is 9.98 Å². The Morgan fingerprint density at radius 2 is 1.21 bits per heavy atom. The van der Waals surface area contributed by atoms with Gasteiger partial charge in [-0.1, -0.05) is 24.3 Å². The summed E-state index contributed by atoms with van der Waals surface area (Å²) in [6.45, 7) is 5.63.